The highest BCUT2D eigenvalue weighted by Crippen LogP contribution is 2.37. The second-order valence-corrected chi connectivity index (χ2v) is 5.15. The Labute approximate surface area is 110 Å². The van der Waals surface area contributed by atoms with Crippen LogP contribution in [0.25, 0.3) is 0 Å². The summed E-state index contributed by atoms with van der Waals surface area (Å²) in [6.45, 7) is 6.04. The molecule has 1 aliphatic rings. The van der Waals surface area contributed by atoms with Gasteiger partial charge in [0, 0.05) is 12.6 Å². The van der Waals surface area contributed by atoms with Gasteiger partial charge in [-0.15, -0.1) is 0 Å². The van der Waals surface area contributed by atoms with Gasteiger partial charge in [0.05, 0.1) is 18.1 Å². The molecule has 102 valence electrons. The molecule has 0 radical (unpaired) electrons. The molecule has 1 heterocycles. The van der Waals surface area contributed by atoms with Gasteiger partial charge in [-0.25, -0.2) is 0 Å². The minimum Gasteiger partial charge on any atom is -0.472 e. The maximum Gasteiger partial charge on any atom is 0.0935 e. The Hall–Kier alpha value is -0.800. The molecular weight excluding hydrogens is 226 g/mol. The first-order chi connectivity index (χ1) is 8.80. The largest absolute Gasteiger partial charge is 0.472 e. The van der Waals surface area contributed by atoms with E-state index < -0.39 is 0 Å². The molecule has 0 bridgehead atoms. The van der Waals surface area contributed by atoms with E-state index in [2.05, 4.69) is 25.2 Å². The van der Waals surface area contributed by atoms with Crippen LogP contribution in [-0.2, 0) is 11.2 Å². The first-order valence-corrected chi connectivity index (χ1v) is 7.19. The number of hydrogen-bond acceptors (Lipinski definition) is 3. The van der Waals surface area contributed by atoms with E-state index in [1.807, 2.05) is 6.26 Å². The Morgan fingerprint density at radius 1 is 1.39 bits per heavy atom. The smallest absolute Gasteiger partial charge is 0.0935 e. The number of rotatable bonds is 7. The summed E-state index contributed by atoms with van der Waals surface area (Å²) in [7, 11) is 0. The van der Waals surface area contributed by atoms with Crippen molar-refractivity contribution in [2.75, 3.05) is 13.2 Å². The number of ether oxygens (including phenoxy) is 1. The average molecular weight is 251 g/mol. The molecule has 3 nitrogen and oxygen atoms in total. The standard InChI is InChI=1S/C15H25NO2/c1-3-16-14(11-13-7-10-17-12-13)15(18-4-2)8-5-6-9-15/h7,10,12,14,16H,3-6,8-9,11H2,1-2H3. The van der Waals surface area contributed by atoms with E-state index in [0.717, 1.165) is 19.6 Å². The molecular formula is C15H25NO2. The molecule has 0 saturated heterocycles. The molecule has 1 aliphatic carbocycles. The number of nitrogens with one attached hydrogen (secondary N) is 1. The Bertz CT molecular complexity index is 328. The summed E-state index contributed by atoms with van der Waals surface area (Å²) in [4.78, 5) is 0. The zero-order valence-corrected chi connectivity index (χ0v) is 11.6. The van der Waals surface area contributed by atoms with Crippen LogP contribution in [-0.4, -0.2) is 24.8 Å². The molecule has 3 heteroatoms. The van der Waals surface area contributed by atoms with Crippen LogP contribution in [0.4, 0.5) is 0 Å². The summed E-state index contributed by atoms with van der Waals surface area (Å²) >= 11 is 0. The molecule has 1 fully saturated rings. The van der Waals surface area contributed by atoms with Gasteiger partial charge in [-0.3, -0.25) is 0 Å². The van der Waals surface area contributed by atoms with E-state index in [0.29, 0.717) is 6.04 Å². The van der Waals surface area contributed by atoms with Crippen LogP contribution in [0.1, 0.15) is 45.1 Å². The van der Waals surface area contributed by atoms with Gasteiger partial charge in [0.15, 0.2) is 0 Å². The molecule has 1 atom stereocenters. The molecule has 0 aromatic carbocycles. The fraction of sp³-hybridized carbons (Fsp3) is 0.733. The van der Waals surface area contributed by atoms with Crippen molar-refractivity contribution >= 4 is 0 Å². The lowest BCUT2D eigenvalue weighted by Crippen LogP contribution is -2.52. The van der Waals surface area contributed by atoms with E-state index in [4.69, 9.17) is 9.15 Å². The fourth-order valence-electron chi connectivity index (χ4n) is 3.19. The lowest BCUT2D eigenvalue weighted by molar-refractivity contribution is -0.0609. The van der Waals surface area contributed by atoms with Crippen LogP contribution in [0.2, 0.25) is 0 Å². The quantitative estimate of drug-likeness (QED) is 0.808. The van der Waals surface area contributed by atoms with Gasteiger partial charge in [0.1, 0.15) is 0 Å². The number of furan rings is 1. The van der Waals surface area contributed by atoms with Crippen molar-refractivity contribution in [3.8, 4) is 0 Å². The van der Waals surface area contributed by atoms with Crippen molar-refractivity contribution in [2.45, 2.75) is 57.6 Å². The highest BCUT2D eigenvalue weighted by molar-refractivity contribution is 5.11. The van der Waals surface area contributed by atoms with Gasteiger partial charge in [0.25, 0.3) is 0 Å². The predicted octanol–water partition coefficient (Wildman–Crippen LogP) is 3.15. The minimum atomic E-state index is 0.0298. The van der Waals surface area contributed by atoms with Gasteiger partial charge in [0.2, 0.25) is 0 Å². The number of hydrogen-bond donors (Lipinski definition) is 1. The third-order valence-corrected chi connectivity index (χ3v) is 3.99. The SMILES string of the molecule is CCNC(Cc1ccoc1)C1(OCC)CCCC1. The molecule has 0 aliphatic heterocycles. The molecule has 1 unspecified atom stereocenters. The Morgan fingerprint density at radius 2 is 2.17 bits per heavy atom. The molecule has 0 amide bonds. The van der Waals surface area contributed by atoms with Gasteiger partial charge in [-0.05, 0) is 44.4 Å². The van der Waals surface area contributed by atoms with Crippen LogP contribution < -0.4 is 5.32 Å². The predicted molar refractivity (Wildman–Crippen MR) is 72.7 cm³/mol. The number of likely N-dealkylation sites (N-methyl/N-ethyl adjacent to an activating group) is 1. The van der Waals surface area contributed by atoms with Crippen molar-refractivity contribution in [1.82, 2.24) is 5.32 Å². The van der Waals surface area contributed by atoms with Crippen LogP contribution in [0, 0.1) is 0 Å². The summed E-state index contributed by atoms with van der Waals surface area (Å²) in [5.74, 6) is 0. The van der Waals surface area contributed by atoms with E-state index in [-0.39, 0.29) is 5.60 Å². The molecule has 1 aromatic heterocycles. The second kappa shape index (κ2) is 6.39. The summed E-state index contributed by atoms with van der Waals surface area (Å²) in [5.41, 5.74) is 1.29. The van der Waals surface area contributed by atoms with Crippen molar-refractivity contribution in [3.63, 3.8) is 0 Å². The van der Waals surface area contributed by atoms with Crippen molar-refractivity contribution in [3.05, 3.63) is 24.2 Å². The Balaban J connectivity index is 2.10. The van der Waals surface area contributed by atoms with E-state index >= 15 is 0 Å². The van der Waals surface area contributed by atoms with Gasteiger partial charge in [-0.1, -0.05) is 19.8 Å². The normalized spacial score (nSPS) is 20.1. The topological polar surface area (TPSA) is 34.4 Å². The average Bonchev–Trinajstić information content (AvgIpc) is 3.01. The zero-order chi connectivity index (χ0) is 12.8. The zero-order valence-electron chi connectivity index (χ0n) is 11.6. The maximum absolute atomic E-state index is 6.16. The monoisotopic (exact) mass is 251 g/mol. The minimum absolute atomic E-state index is 0.0298. The van der Waals surface area contributed by atoms with E-state index in [1.165, 1.54) is 31.2 Å². The van der Waals surface area contributed by atoms with Gasteiger partial charge >= 0.3 is 0 Å². The van der Waals surface area contributed by atoms with Crippen LogP contribution >= 0.6 is 0 Å². The molecule has 2 rings (SSSR count). The molecule has 18 heavy (non-hydrogen) atoms. The Kier molecular flexibility index (Phi) is 4.84. The van der Waals surface area contributed by atoms with Crippen molar-refractivity contribution in [1.29, 1.82) is 0 Å². The van der Waals surface area contributed by atoms with Crippen LogP contribution in [0.5, 0.6) is 0 Å². The fourth-order valence-corrected chi connectivity index (χ4v) is 3.19. The first-order valence-electron chi connectivity index (χ1n) is 7.19. The third-order valence-electron chi connectivity index (χ3n) is 3.99. The van der Waals surface area contributed by atoms with Crippen LogP contribution in [0.3, 0.4) is 0 Å². The van der Waals surface area contributed by atoms with E-state index in [9.17, 15) is 0 Å². The highest BCUT2D eigenvalue weighted by Gasteiger charge is 2.41. The summed E-state index contributed by atoms with van der Waals surface area (Å²) in [6, 6.07) is 2.45. The van der Waals surface area contributed by atoms with Gasteiger partial charge < -0.3 is 14.5 Å². The van der Waals surface area contributed by atoms with Crippen molar-refractivity contribution in [2.24, 2.45) is 0 Å². The molecule has 1 aromatic rings. The Morgan fingerprint density at radius 3 is 2.72 bits per heavy atom. The highest BCUT2D eigenvalue weighted by atomic mass is 16.5. The lowest BCUT2D eigenvalue weighted by atomic mass is 9.87. The maximum atomic E-state index is 6.16. The summed E-state index contributed by atoms with van der Waals surface area (Å²) < 4.78 is 11.3. The van der Waals surface area contributed by atoms with Crippen LogP contribution in [0.15, 0.2) is 23.0 Å². The molecule has 1 saturated carbocycles. The van der Waals surface area contributed by atoms with E-state index in [1.54, 1.807) is 6.26 Å². The lowest BCUT2D eigenvalue weighted by Gasteiger charge is -2.38. The third kappa shape index (κ3) is 2.96. The molecule has 1 N–H and O–H groups in total. The van der Waals surface area contributed by atoms with Crippen molar-refractivity contribution < 1.29 is 9.15 Å². The summed E-state index contributed by atoms with van der Waals surface area (Å²) in [5, 5.41) is 3.62. The second-order valence-electron chi connectivity index (χ2n) is 5.15. The summed E-state index contributed by atoms with van der Waals surface area (Å²) in [6.07, 6.45) is 9.51. The van der Waals surface area contributed by atoms with Gasteiger partial charge in [-0.2, -0.15) is 0 Å². The molecule has 0 spiro atoms. The first kappa shape index (κ1) is 13.6.